The Kier molecular flexibility index (Phi) is 3.58. The summed E-state index contributed by atoms with van der Waals surface area (Å²) in [6.45, 7) is 2.68. The molecule has 0 amide bonds. The molecule has 3 rings (SSSR count). The molecule has 2 heterocycles. The Morgan fingerprint density at radius 1 is 1.47 bits per heavy atom. The van der Waals surface area contributed by atoms with Gasteiger partial charge < -0.3 is 14.8 Å². The van der Waals surface area contributed by atoms with E-state index in [0.717, 1.165) is 56.3 Å². The van der Waals surface area contributed by atoms with Gasteiger partial charge in [0, 0.05) is 19.0 Å². The van der Waals surface area contributed by atoms with Crippen LogP contribution in [0.15, 0.2) is 23.2 Å². The highest BCUT2D eigenvalue weighted by Gasteiger charge is 2.22. The fourth-order valence-corrected chi connectivity index (χ4v) is 2.80. The number of nitrogens with zero attached hydrogens (tertiary/aromatic N) is 1. The maximum atomic E-state index is 5.85. The van der Waals surface area contributed by atoms with Gasteiger partial charge in [-0.15, -0.1) is 0 Å². The highest BCUT2D eigenvalue weighted by molar-refractivity contribution is 5.84. The van der Waals surface area contributed by atoms with Gasteiger partial charge in [0.15, 0.2) is 0 Å². The summed E-state index contributed by atoms with van der Waals surface area (Å²) in [6.07, 6.45) is 3.23. The molecule has 1 unspecified atom stereocenters. The van der Waals surface area contributed by atoms with E-state index in [4.69, 9.17) is 9.47 Å². The zero-order valence-electron chi connectivity index (χ0n) is 11.3. The van der Waals surface area contributed by atoms with Gasteiger partial charge in [0.1, 0.15) is 11.5 Å². The minimum atomic E-state index is 0.493. The number of benzene rings is 1. The quantitative estimate of drug-likeness (QED) is 0.907. The molecule has 1 N–H and O–H groups in total. The number of methoxy groups -OCH3 is 1. The van der Waals surface area contributed by atoms with Crippen LogP contribution in [0.1, 0.15) is 30.7 Å². The molecule has 0 radical (unpaired) electrons. The SMILES string of the molecule is COc1ccc2c(c1)OCCCC2CC1=NCCN1. The van der Waals surface area contributed by atoms with E-state index >= 15 is 0 Å². The lowest BCUT2D eigenvalue weighted by Gasteiger charge is -2.17. The molecule has 2 aliphatic heterocycles. The lowest BCUT2D eigenvalue weighted by atomic mass is 9.90. The van der Waals surface area contributed by atoms with Crippen molar-refractivity contribution < 1.29 is 9.47 Å². The lowest BCUT2D eigenvalue weighted by molar-refractivity contribution is 0.313. The normalized spacial score (nSPS) is 21.7. The van der Waals surface area contributed by atoms with Crippen LogP contribution in [0.3, 0.4) is 0 Å². The Balaban J connectivity index is 1.85. The number of rotatable bonds is 3. The molecule has 102 valence electrons. The number of amidine groups is 1. The van der Waals surface area contributed by atoms with Crippen molar-refractivity contribution in [1.82, 2.24) is 5.32 Å². The smallest absolute Gasteiger partial charge is 0.126 e. The summed E-state index contributed by atoms with van der Waals surface area (Å²) in [4.78, 5) is 4.51. The van der Waals surface area contributed by atoms with Crippen molar-refractivity contribution in [1.29, 1.82) is 0 Å². The second kappa shape index (κ2) is 5.51. The van der Waals surface area contributed by atoms with Crippen molar-refractivity contribution in [2.45, 2.75) is 25.2 Å². The van der Waals surface area contributed by atoms with Gasteiger partial charge in [-0.1, -0.05) is 6.07 Å². The molecule has 4 heteroatoms. The molecule has 0 aromatic heterocycles. The van der Waals surface area contributed by atoms with Crippen molar-refractivity contribution >= 4 is 5.84 Å². The zero-order valence-corrected chi connectivity index (χ0v) is 11.3. The molecule has 0 aliphatic carbocycles. The van der Waals surface area contributed by atoms with Gasteiger partial charge in [-0.05, 0) is 30.4 Å². The van der Waals surface area contributed by atoms with Crippen LogP contribution in [-0.2, 0) is 0 Å². The minimum absolute atomic E-state index is 0.493. The maximum absolute atomic E-state index is 5.85. The van der Waals surface area contributed by atoms with Gasteiger partial charge in [-0.3, -0.25) is 4.99 Å². The van der Waals surface area contributed by atoms with E-state index in [9.17, 15) is 0 Å². The Morgan fingerprint density at radius 2 is 2.42 bits per heavy atom. The third-order valence-electron chi connectivity index (χ3n) is 3.80. The average Bonchev–Trinajstić information content (AvgIpc) is 2.87. The first kappa shape index (κ1) is 12.3. The molecular formula is C15H20N2O2. The third kappa shape index (κ3) is 2.67. The molecular weight excluding hydrogens is 240 g/mol. The van der Waals surface area contributed by atoms with Crippen molar-refractivity contribution in [3.8, 4) is 11.5 Å². The molecule has 0 fully saturated rings. The van der Waals surface area contributed by atoms with Crippen LogP contribution >= 0.6 is 0 Å². The van der Waals surface area contributed by atoms with E-state index in [1.807, 2.05) is 12.1 Å². The topological polar surface area (TPSA) is 42.9 Å². The van der Waals surface area contributed by atoms with Gasteiger partial charge in [0.25, 0.3) is 0 Å². The van der Waals surface area contributed by atoms with Crippen LogP contribution in [0.4, 0.5) is 0 Å². The van der Waals surface area contributed by atoms with Crippen LogP contribution in [0.2, 0.25) is 0 Å². The van der Waals surface area contributed by atoms with Crippen LogP contribution in [0.25, 0.3) is 0 Å². The molecule has 1 atom stereocenters. The molecule has 1 aromatic rings. The van der Waals surface area contributed by atoms with Crippen molar-refractivity contribution in [3.05, 3.63) is 23.8 Å². The second-order valence-corrected chi connectivity index (χ2v) is 5.05. The van der Waals surface area contributed by atoms with E-state index in [2.05, 4.69) is 16.4 Å². The third-order valence-corrected chi connectivity index (χ3v) is 3.80. The van der Waals surface area contributed by atoms with Crippen molar-refractivity contribution in [3.63, 3.8) is 0 Å². The lowest BCUT2D eigenvalue weighted by Crippen LogP contribution is -2.20. The van der Waals surface area contributed by atoms with Gasteiger partial charge in [0.2, 0.25) is 0 Å². The number of fused-ring (bicyclic) bond motifs is 1. The molecule has 4 nitrogen and oxygen atoms in total. The van der Waals surface area contributed by atoms with Crippen LogP contribution in [-0.4, -0.2) is 32.6 Å². The molecule has 1 aromatic carbocycles. The van der Waals surface area contributed by atoms with Gasteiger partial charge in [0.05, 0.1) is 26.1 Å². The standard InChI is InChI=1S/C15H20N2O2/c1-18-12-4-5-13-11(9-15-16-6-7-17-15)3-2-8-19-14(13)10-12/h4-5,10-11H,2-3,6-9H2,1H3,(H,16,17). The fraction of sp³-hybridized carbons (Fsp3) is 0.533. The molecule has 2 aliphatic rings. The summed E-state index contributed by atoms with van der Waals surface area (Å²) in [7, 11) is 1.69. The Morgan fingerprint density at radius 3 is 3.21 bits per heavy atom. The van der Waals surface area contributed by atoms with E-state index < -0.39 is 0 Å². The first-order valence-electron chi connectivity index (χ1n) is 6.95. The van der Waals surface area contributed by atoms with Gasteiger partial charge >= 0.3 is 0 Å². The Labute approximate surface area is 113 Å². The number of aliphatic imine (C=N–C) groups is 1. The summed E-state index contributed by atoms with van der Waals surface area (Å²) in [5.74, 6) is 3.47. The fourth-order valence-electron chi connectivity index (χ4n) is 2.80. The molecule has 0 saturated carbocycles. The Bertz CT molecular complexity index is 485. The van der Waals surface area contributed by atoms with Gasteiger partial charge in [-0.2, -0.15) is 0 Å². The summed E-state index contributed by atoms with van der Waals surface area (Å²) < 4.78 is 11.1. The van der Waals surface area contributed by atoms with E-state index in [-0.39, 0.29) is 0 Å². The van der Waals surface area contributed by atoms with Crippen molar-refractivity contribution in [2.24, 2.45) is 4.99 Å². The summed E-state index contributed by atoms with van der Waals surface area (Å²) in [6, 6.07) is 6.15. The largest absolute Gasteiger partial charge is 0.497 e. The van der Waals surface area contributed by atoms with Crippen molar-refractivity contribution in [2.75, 3.05) is 26.8 Å². The number of ether oxygens (including phenoxy) is 2. The molecule has 0 bridgehead atoms. The van der Waals surface area contributed by atoms with E-state index in [1.54, 1.807) is 7.11 Å². The molecule has 19 heavy (non-hydrogen) atoms. The highest BCUT2D eigenvalue weighted by Crippen LogP contribution is 2.37. The van der Waals surface area contributed by atoms with Crippen LogP contribution < -0.4 is 14.8 Å². The number of nitrogens with one attached hydrogen (secondary N) is 1. The Hall–Kier alpha value is -1.71. The monoisotopic (exact) mass is 260 g/mol. The van der Waals surface area contributed by atoms with E-state index in [1.165, 1.54) is 5.56 Å². The predicted molar refractivity (Wildman–Crippen MR) is 75.4 cm³/mol. The van der Waals surface area contributed by atoms with Crippen LogP contribution in [0.5, 0.6) is 11.5 Å². The predicted octanol–water partition coefficient (Wildman–Crippen LogP) is 2.34. The minimum Gasteiger partial charge on any atom is -0.497 e. The highest BCUT2D eigenvalue weighted by atomic mass is 16.5. The first-order valence-corrected chi connectivity index (χ1v) is 6.95. The van der Waals surface area contributed by atoms with Crippen LogP contribution in [0, 0.1) is 0 Å². The summed E-state index contributed by atoms with van der Waals surface area (Å²) >= 11 is 0. The van der Waals surface area contributed by atoms with E-state index in [0.29, 0.717) is 5.92 Å². The second-order valence-electron chi connectivity index (χ2n) is 5.05. The number of hydrogen-bond donors (Lipinski definition) is 1. The average molecular weight is 260 g/mol. The maximum Gasteiger partial charge on any atom is 0.126 e. The first-order chi connectivity index (χ1) is 9.36. The summed E-state index contributed by atoms with van der Waals surface area (Å²) in [5.41, 5.74) is 1.29. The zero-order chi connectivity index (χ0) is 13.1. The summed E-state index contributed by atoms with van der Waals surface area (Å²) in [5, 5.41) is 3.36. The molecule has 0 saturated heterocycles. The number of hydrogen-bond acceptors (Lipinski definition) is 4. The van der Waals surface area contributed by atoms with Gasteiger partial charge in [-0.25, -0.2) is 0 Å². The molecule has 0 spiro atoms.